The summed E-state index contributed by atoms with van der Waals surface area (Å²) in [4.78, 5) is 22.2. The van der Waals surface area contributed by atoms with Gasteiger partial charge in [-0.2, -0.15) is 8.78 Å². The Labute approximate surface area is 278 Å². The third-order valence-electron chi connectivity index (χ3n) is 10.1. The molecular weight excluding hydrogens is 608 g/mol. The van der Waals surface area contributed by atoms with Crippen LogP contribution in [-0.4, -0.2) is 24.3 Å². The quantitative estimate of drug-likeness (QED) is 0.0894. The van der Waals surface area contributed by atoms with Crippen molar-refractivity contribution in [3.8, 4) is 11.5 Å². The second kappa shape index (κ2) is 19.6. The highest BCUT2D eigenvalue weighted by atomic mass is 19.2. The molecule has 0 aromatic heterocycles. The van der Waals surface area contributed by atoms with Crippen molar-refractivity contribution in [3.63, 3.8) is 0 Å². The van der Waals surface area contributed by atoms with E-state index in [4.69, 9.17) is 4.74 Å². The maximum Gasteiger partial charge on any atom is 0.201 e. The summed E-state index contributed by atoms with van der Waals surface area (Å²) in [5.74, 6) is -4.16. The predicted molar refractivity (Wildman–Crippen MR) is 179 cm³/mol. The monoisotopic (exact) mass is 660 g/mol. The molecule has 0 saturated heterocycles. The molecule has 0 unspecified atom stereocenters. The third kappa shape index (κ3) is 10.4. The number of ether oxygens (including phenoxy) is 1. The minimum atomic E-state index is -1.30. The molecule has 2 saturated carbocycles. The Morgan fingerprint density at radius 3 is 1.57 bits per heavy atom. The summed E-state index contributed by atoms with van der Waals surface area (Å²) in [6, 6.07) is 2.77. The van der Waals surface area contributed by atoms with Crippen molar-refractivity contribution in [1.29, 1.82) is 0 Å². The van der Waals surface area contributed by atoms with Gasteiger partial charge in [-0.15, -0.1) is 0 Å². The van der Waals surface area contributed by atoms with Crippen LogP contribution in [0.3, 0.4) is 0 Å². The molecule has 8 heteroatoms. The normalized spacial score (nSPS) is 21.0. The molecule has 2 aromatic carbocycles. The van der Waals surface area contributed by atoms with Gasteiger partial charge in [0.2, 0.25) is 11.6 Å². The molecule has 2 fully saturated rings. The number of halogens is 4. The van der Waals surface area contributed by atoms with Crippen LogP contribution in [0, 0.1) is 35.1 Å². The smallest absolute Gasteiger partial charge is 0.201 e. The Morgan fingerprint density at radius 1 is 0.702 bits per heavy atom. The number of carbonyl (C=O) groups excluding carboxylic acids is 2. The molecular formula is C39H52F4O4. The van der Waals surface area contributed by atoms with Gasteiger partial charge in [-0.05, 0) is 98.3 Å². The third-order valence-corrected chi connectivity index (χ3v) is 10.1. The summed E-state index contributed by atoms with van der Waals surface area (Å²) in [5.41, 5.74) is 0.460. The molecule has 0 radical (unpaired) electrons. The van der Waals surface area contributed by atoms with Crippen molar-refractivity contribution >= 4 is 12.6 Å². The molecule has 0 amide bonds. The number of unbranched alkanes of at least 4 members (excludes halogenated alkanes) is 4. The molecule has 260 valence electrons. The number of phenolic OH excluding ortho intramolecular Hbond substituents is 1. The number of benzene rings is 2. The summed E-state index contributed by atoms with van der Waals surface area (Å²) in [5, 5.41) is 9.42. The van der Waals surface area contributed by atoms with Crippen molar-refractivity contribution in [2.75, 3.05) is 6.61 Å². The first-order valence-corrected chi connectivity index (χ1v) is 17.6. The van der Waals surface area contributed by atoms with E-state index < -0.39 is 29.0 Å². The van der Waals surface area contributed by atoms with Gasteiger partial charge in [-0.25, -0.2) is 8.78 Å². The van der Waals surface area contributed by atoms with Gasteiger partial charge in [-0.3, -0.25) is 9.59 Å². The van der Waals surface area contributed by atoms with Gasteiger partial charge >= 0.3 is 0 Å². The van der Waals surface area contributed by atoms with Crippen molar-refractivity contribution in [1.82, 2.24) is 0 Å². The second-order valence-electron chi connectivity index (χ2n) is 13.3. The first-order valence-electron chi connectivity index (χ1n) is 17.6. The average molecular weight is 661 g/mol. The number of aromatic hydroxyl groups is 1. The first-order chi connectivity index (χ1) is 22.7. The molecule has 4 rings (SSSR count). The Balaban J connectivity index is 0.000000257. The Morgan fingerprint density at radius 2 is 1.15 bits per heavy atom. The van der Waals surface area contributed by atoms with Gasteiger partial charge in [-0.1, -0.05) is 77.9 Å². The van der Waals surface area contributed by atoms with E-state index in [0.29, 0.717) is 30.0 Å². The van der Waals surface area contributed by atoms with Crippen LogP contribution in [0.25, 0.3) is 0 Å². The van der Waals surface area contributed by atoms with Crippen LogP contribution in [0.5, 0.6) is 11.5 Å². The molecule has 4 nitrogen and oxygen atoms in total. The van der Waals surface area contributed by atoms with Crippen LogP contribution in [0.2, 0.25) is 0 Å². The van der Waals surface area contributed by atoms with Crippen molar-refractivity contribution < 1.29 is 37.0 Å². The highest BCUT2D eigenvalue weighted by molar-refractivity contribution is 5.80. The van der Waals surface area contributed by atoms with Crippen molar-refractivity contribution in [3.05, 3.63) is 70.3 Å². The van der Waals surface area contributed by atoms with E-state index in [1.54, 1.807) is 0 Å². The van der Waals surface area contributed by atoms with Gasteiger partial charge in [0.25, 0.3) is 0 Å². The van der Waals surface area contributed by atoms with Crippen molar-refractivity contribution in [2.24, 2.45) is 11.8 Å². The predicted octanol–water partition coefficient (Wildman–Crippen LogP) is 11.5. The van der Waals surface area contributed by atoms with Gasteiger partial charge < -0.3 is 9.84 Å². The van der Waals surface area contributed by atoms with E-state index >= 15 is 0 Å². The van der Waals surface area contributed by atoms with E-state index in [2.05, 4.69) is 20.4 Å². The Kier molecular flexibility index (Phi) is 16.0. The molecule has 2 aromatic rings. The van der Waals surface area contributed by atoms with E-state index in [0.717, 1.165) is 51.4 Å². The van der Waals surface area contributed by atoms with E-state index in [9.17, 15) is 32.3 Å². The summed E-state index contributed by atoms with van der Waals surface area (Å²) in [6.07, 6.45) is 19.6. The molecule has 2 aliphatic carbocycles. The molecule has 0 heterocycles. The zero-order valence-electron chi connectivity index (χ0n) is 28.1. The van der Waals surface area contributed by atoms with Crippen LogP contribution >= 0.6 is 0 Å². The summed E-state index contributed by atoms with van der Waals surface area (Å²) >= 11 is 0. The highest BCUT2D eigenvalue weighted by Gasteiger charge is 2.29. The first kappa shape index (κ1) is 38.3. The van der Waals surface area contributed by atoms with Crippen LogP contribution in [0.1, 0.15) is 160 Å². The lowest BCUT2D eigenvalue weighted by Crippen LogP contribution is -2.16. The second-order valence-corrected chi connectivity index (χ2v) is 13.3. The summed E-state index contributed by atoms with van der Waals surface area (Å²) in [6.45, 7) is 7.89. The maximum atomic E-state index is 14.5. The standard InChI is InChI=1S/C21H28F2O2.C18H24F2O2/c1-3-5-6-7-15-8-10-16(11-9-15)18-13-17(14-24)21(25-12-4-2)20(23)19(18)22;1-2-3-4-5-12-6-8-13(9-7-12)15-10-14(11-21)18(22)17(20)16(15)19/h4,13-16H,2-3,5-12H2,1H3;10-13,22H,2-9H2,1H3. The van der Waals surface area contributed by atoms with Crippen LogP contribution in [-0.2, 0) is 0 Å². The fourth-order valence-corrected chi connectivity index (χ4v) is 7.26. The molecule has 0 spiro atoms. The maximum absolute atomic E-state index is 14.5. The zero-order chi connectivity index (χ0) is 34.3. The molecule has 0 bridgehead atoms. The SMILES string of the molecule is C=CCOc1c(C=O)cc(C2CCC(CCCCC)CC2)c(F)c1F.CCCCCC1CCC(c2cc(C=O)c(O)c(F)c2F)CC1. The lowest BCUT2D eigenvalue weighted by molar-refractivity contribution is 0.111. The number of hydrogen-bond acceptors (Lipinski definition) is 4. The fourth-order valence-electron chi connectivity index (χ4n) is 7.26. The minimum Gasteiger partial charge on any atom is -0.504 e. The van der Waals surface area contributed by atoms with Crippen LogP contribution in [0.15, 0.2) is 24.8 Å². The number of carbonyl (C=O) groups is 2. The van der Waals surface area contributed by atoms with E-state index in [1.165, 1.54) is 69.6 Å². The zero-order valence-corrected chi connectivity index (χ0v) is 28.1. The van der Waals surface area contributed by atoms with Crippen LogP contribution in [0.4, 0.5) is 17.6 Å². The van der Waals surface area contributed by atoms with E-state index in [-0.39, 0.29) is 40.9 Å². The number of phenols is 1. The minimum absolute atomic E-state index is 0.0240. The molecule has 47 heavy (non-hydrogen) atoms. The van der Waals surface area contributed by atoms with Crippen LogP contribution < -0.4 is 4.74 Å². The van der Waals surface area contributed by atoms with Crippen molar-refractivity contribution in [2.45, 2.75) is 128 Å². The van der Waals surface area contributed by atoms with Gasteiger partial charge in [0.15, 0.2) is 35.7 Å². The lowest BCUT2D eigenvalue weighted by atomic mass is 9.76. The average Bonchev–Trinajstić information content (AvgIpc) is 3.09. The lowest BCUT2D eigenvalue weighted by Gasteiger charge is -2.29. The fraction of sp³-hybridized carbons (Fsp3) is 0.590. The Bertz CT molecular complexity index is 1310. The molecule has 2 aliphatic rings. The van der Waals surface area contributed by atoms with Gasteiger partial charge in [0.1, 0.15) is 6.61 Å². The van der Waals surface area contributed by atoms with Gasteiger partial charge in [0.05, 0.1) is 11.1 Å². The summed E-state index contributed by atoms with van der Waals surface area (Å²) < 4.78 is 61.8. The number of hydrogen-bond donors (Lipinski definition) is 1. The number of aldehydes is 2. The Hall–Kier alpha value is -3.16. The summed E-state index contributed by atoms with van der Waals surface area (Å²) in [7, 11) is 0. The van der Waals surface area contributed by atoms with E-state index in [1.807, 2.05) is 0 Å². The molecule has 0 aliphatic heterocycles. The number of rotatable bonds is 15. The highest BCUT2D eigenvalue weighted by Crippen LogP contribution is 2.42. The molecule has 0 atom stereocenters. The molecule has 1 N–H and O–H groups in total. The van der Waals surface area contributed by atoms with Gasteiger partial charge in [0, 0.05) is 0 Å². The topological polar surface area (TPSA) is 63.6 Å². The largest absolute Gasteiger partial charge is 0.504 e.